The lowest BCUT2D eigenvalue weighted by atomic mass is 9.77. The molecule has 1 aliphatic heterocycles. The molecule has 2 rings (SSSR count). The number of nitrogens with two attached hydrogens (primary N) is 2. The quantitative estimate of drug-likeness (QED) is 0.665. The van der Waals surface area contributed by atoms with Crippen molar-refractivity contribution in [2.75, 3.05) is 12.3 Å². The van der Waals surface area contributed by atoms with E-state index in [2.05, 4.69) is 0 Å². The highest BCUT2D eigenvalue weighted by molar-refractivity contribution is 6.55. The second-order valence-corrected chi connectivity index (χ2v) is 6.70. The van der Waals surface area contributed by atoms with Crippen LogP contribution in [0.15, 0.2) is 23.7 Å². The highest BCUT2D eigenvalue weighted by Crippen LogP contribution is 2.38. The Labute approximate surface area is 131 Å². The molecule has 4 N–H and O–H groups in total. The van der Waals surface area contributed by atoms with Gasteiger partial charge in [-0.15, -0.1) is 0 Å². The monoisotopic (exact) mass is 308 g/mol. The average molecular weight is 309 g/mol. The lowest BCUT2D eigenvalue weighted by Crippen LogP contribution is -2.41. The van der Waals surface area contributed by atoms with Crippen LogP contribution in [0.4, 0.5) is 5.69 Å². The van der Waals surface area contributed by atoms with E-state index in [1.807, 2.05) is 39.8 Å². The fourth-order valence-corrected chi connectivity index (χ4v) is 2.25. The average Bonchev–Trinajstić information content (AvgIpc) is 2.59. The summed E-state index contributed by atoms with van der Waals surface area (Å²) in [4.78, 5) is 0. The summed E-state index contributed by atoms with van der Waals surface area (Å²) in [7, 11) is -0.448. The van der Waals surface area contributed by atoms with Crippen molar-refractivity contribution in [2.24, 2.45) is 5.73 Å². The van der Waals surface area contributed by atoms with Gasteiger partial charge in [-0.3, -0.25) is 0 Å². The molecule has 0 aromatic heterocycles. The molecule has 1 heterocycles. The van der Waals surface area contributed by atoms with E-state index in [4.69, 9.17) is 32.4 Å². The maximum Gasteiger partial charge on any atom is 0.491 e. The fourth-order valence-electron chi connectivity index (χ4n) is 2.06. The van der Waals surface area contributed by atoms with Crippen LogP contribution in [0.3, 0.4) is 0 Å². The number of nitrogen functional groups attached to an aromatic ring is 1. The zero-order chi connectivity index (χ0) is 15.8. The Morgan fingerprint density at radius 1 is 1.24 bits per heavy atom. The molecule has 1 aromatic carbocycles. The molecule has 0 saturated carbocycles. The van der Waals surface area contributed by atoms with Gasteiger partial charge in [0.2, 0.25) is 0 Å². The maximum absolute atomic E-state index is 6.04. The summed E-state index contributed by atoms with van der Waals surface area (Å²) in [6, 6.07) is 5.46. The lowest BCUT2D eigenvalue weighted by molar-refractivity contribution is 0.00578. The third kappa shape index (κ3) is 3.26. The highest BCUT2D eigenvalue weighted by Gasteiger charge is 2.52. The molecule has 0 aliphatic carbocycles. The smallest absolute Gasteiger partial charge is 0.400 e. The SMILES string of the molecule is CC1(C)OB(C(=Cc2ccc(N)c(Cl)c2)CN)OC1(C)C. The standard InChI is InChI=1S/C15H22BClN2O2/c1-14(2)15(3,4)21-16(20-14)11(9-18)7-10-5-6-13(19)12(17)8-10/h5-8H,9,18-19H2,1-4H3. The first-order chi connectivity index (χ1) is 9.66. The normalized spacial score (nSPS) is 20.9. The van der Waals surface area contributed by atoms with Gasteiger partial charge in [0.1, 0.15) is 0 Å². The summed E-state index contributed by atoms with van der Waals surface area (Å²) >= 11 is 6.04. The summed E-state index contributed by atoms with van der Waals surface area (Å²) in [5.74, 6) is 0. The number of hydrogen-bond acceptors (Lipinski definition) is 4. The van der Waals surface area contributed by atoms with Crippen LogP contribution in [-0.4, -0.2) is 24.9 Å². The molecule has 114 valence electrons. The van der Waals surface area contributed by atoms with Crippen LogP contribution in [0.25, 0.3) is 6.08 Å². The summed E-state index contributed by atoms with van der Waals surface area (Å²) in [6.07, 6.45) is 1.94. The van der Waals surface area contributed by atoms with Crippen LogP contribution < -0.4 is 11.5 Å². The molecule has 0 unspecified atom stereocenters. The molecule has 6 heteroatoms. The van der Waals surface area contributed by atoms with Crippen LogP contribution in [0.1, 0.15) is 33.3 Å². The molecule has 4 nitrogen and oxygen atoms in total. The number of rotatable bonds is 3. The number of benzene rings is 1. The van der Waals surface area contributed by atoms with E-state index in [0.717, 1.165) is 11.0 Å². The molecule has 0 atom stereocenters. The van der Waals surface area contributed by atoms with Gasteiger partial charge in [-0.2, -0.15) is 0 Å². The minimum atomic E-state index is -0.448. The van der Waals surface area contributed by atoms with Crippen LogP contribution >= 0.6 is 11.6 Å². The number of halogens is 1. The Hall–Kier alpha value is -1.01. The maximum atomic E-state index is 6.04. The number of anilines is 1. The van der Waals surface area contributed by atoms with E-state index >= 15 is 0 Å². The molecular weight excluding hydrogens is 286 g/mol. The Bertz CT molecular complexity index is 557. The van der Waals surface area contributed by atoms with Crippen LogP contribution in [0, 0.1) is 0 Å². The molecule has 21 heavy (non-hydrogen) atoms. The van der Waals surface area contributed by atoms with E-state index in [-0.39, 0.29) is 11.2 Å². The van der Waals surface area contributed by atoms with Crippen molar-refractivity contribution >= 4 is 30.5 Å². The largest absolute Gasteiger partial charge is 0.491 e. The number of hydrogen-bond donors (Lipinski definition) is 2. The lowest BCUT2D eigenvalue weighted by Gasteiger charge is -2.32. The Kier molecular flexibility index (Phi) is 4.40. The zero-order valence-electron chi connectivity index (χ0n) is 12.9. The molecular formula is C15H22BClN2O2. The van der Waals surface area contributed by atoms with Gasteiger partial charge in [0, 0.05) is 6.54 Å². The van der Waals surface area contributed by atoms with Gasteiger partial charge in [0.25, 0.3) is 0 Å². The first-order valence-corrected chi connectivity index (χ1v) is 7.35. The first kappa shape index (κ1) is 16.4. The van der Waals surface area contributed by atoms with Gasteiger partial charge in [0.05, 0.1) is 21.9 Å². The predicted octanol–water partition coefficient (Wildman–Crippen LogP) is 2.90. The third-order valence-electron chi connectivity index (χ3n) is 4.17. The molecule has 1 aliphatic rings. The first-order valence-electron chi connectivity index (χ1n) is 6.97. The van der Waals surface area contributed by atoms with Gasteiger partial charge < -0.3 is 20.8 Å². The van der Waals surface area contributed by atoms with E-state index in [1.165, 1.54) is 0 Å². The van der Waals surface area contributed by atoms with Crippen LogP contribution in [0.2, 0.25) is 5.02 Å². The molecule has 0 spiro atoms. The minimum Gasteiger partial charge on any atom is -0.400 e. The Balaban J connectivity index is 2.28. The van der Waals surface area contributed by atoms with Crippen molar-refractivity contribution in [1.29, 1.82) is 0 Å². The summed E-state index contributed by atoms with van der Waals surface area (Å²) in [5, 5.41) is 0.522. The fraction of sp³-hybridized carbons (Fsp3) is 0.467. The van der Waals surface area contributed by atoms with E-state index in [0.29, 0.717) is 17.3 Å². The zero-order valence-corrected chi connectivity index (χ0v) is 13.7. The van der Waals surface area contributed by atoms with E-state index in [9.17, 15) is 0 Å². The molecule has 1 saturated heterocycles. The molecule has 0 amide bonds. The molecule has 0 bridgehead atoms. The van der Waals surface area contributed by atoms with Crippen molar-refractivity contribution in [1.82, 2.24) is 0 Å². The molecule has 0 radical (unpaired) electrons. The van der Waals surface area contributed by atoms with Crippen molar-refractivity contribution in [3.8, 4) is 0 Å². The van der Waals surface area contributed by atoms with Crippen molar-refractivity contribution in [3.63, 3.8) is 0 Å². The minimum absolute atomic E-state index is 0.346. The third-order valence-corrected chi connectivity index (χ3v) is 4.50. The van der Waals surface area contributed by atoms with Crippen molar-refractivity contribution in [3.05, 3.63) is 34.3 Å². The molecule has 1 fully saturated rings. The van der Waals surface area contributed by atoms with Gasteiger partial charge in [0.15, 0.2) is 0 Å². The van der Waals surface area contributed by atoms with E-state index in [1.54, 1.807) is 12.1 Å². The highest BCUT2D eigenvalue weighted by atomic mass is 35.5. The topological polar surface area (TPSA) is 70.5 Å². The van der Waals surface area contributed by atoms with Crippen molar-refractivity contribution in [2.45, 2.75) is 38.9 Å². The Morgan fingerprint density at radius 2 is 1.81 bits per heavy atom. The van der Waals surface area contributed by atoms with Crippen molar-refractivity contribution < 1.29 is 9.31 Å². The van der Waals surface area contributed by atoms with Gasteiger partial charge in [-0.25, -0.2) is 0 Å². The summed E-state index contributed by atoms with van der Waals surface area (Å²) in [5.41, 5.74) is 13.2. The second kappa shape index (κ2) is 5.65. The van der Waals surface area contributed by atoms with Crippen LogP contribution in [-0.2, 0) is 9.31 Å². The predicted molar refractivity (Wildman–Crippen MR) is 89.0 cm³/mol. The van der Waals surface area contributed by atoms with Crippen LogP contribution in [0.5, 0.6) is 0 Å². The Morgan fingerprint density at radius 3 is 2.29 bits per heavy atom. The second-order valence-electron chi connectivity index (χ2n) is 6.29. The van der Waals surface area contributed by atoms with E-state index < -0.39 is 7.12 Å². The van der Waals surface area contributed by atoms with Gasteiger partial charge >= 0.3 is 7.12 Å². The summed E-state index contributed by atoms with van der Waals surface area (Å²) < 4.78 is 12.0. The summed E-state index contributed by atoms with van der Waals surface area (Å²) in [6.45, 7) is 8.41. The van der Waals surface area contributed by atoms with Gasteiger partial charge in [-0.05, 0) is 50.9 Å². The molecule has 1 aromatic rings. The van der Waals surface area contributed by atoms with Gasteiger partial charge in [-0.1, -0.05) is 23.7 Å².